The molecule has 0 saturated carbocycles. The van der Waals surface area contributed by atoms with Gasteiger partial charge in [0, 0.05) is 13.1 Å². The van der Waals surface area contributed by atoms with E-state index >= 15 is 0 Å². The fraction of sp³-hybridized carbons (Fsp3) is 0.205. The molecule has 2 heterocycles. The molecule has 0 spiro atoms. The molecule has 0 unspecified atom stereocenters. The van der Waals surface area contributed by atoms with Crippen LogP contribution in [0.3, 0.4) is 0 Å². The third kappa shape index (κ3) is 5.32. The van der Waals surface area contributed by atoms with Crippen LogP contribution in [0.1, 0.15) is 38.6 Å². The van der Waals surface area contributed by atoms with Gasteiger partial charge in [-0.05, 0) is 83.2 Å². The van der Waals surface area contributed by atoms with Gasteiger partial charge in [-0.15, -0.1) is 0 Å². The average molecular weight is 582 g/mol. The zero-order valence-electron chi connectivity index (χ0n) is 25.3. The second kappa shape index (κ2) is 11.0. The van der Waals surface area contributed by atoms with Crippen molar-refractivity contribution < 1.29 is 9.30 Å². The van der Waals surface area contributed by atoms with E-state index in [0.717, 1.165) is 36.7 Å². The highest BCUT2D eigenvalue weighted by Crippen LogP contribution is 2.42. The molecule has 0 bridgehead atoms. The van der Waals surface area contributed by atoms with E-state index in [4.69, 9.17) is 4.74 Å². The highest BCUT2D eigenvalue weighted by molar-refractivity contribution is 7.19. The maximum Gasteiger partial charge on any atom is 0.263 e. The molecule has 1 aliphatic heterocycles. The third-order valence-corrected chi connectivity index (χ3v) is 9.59. The molecule has 1 aliphatic carbocycles. The summed E-state index contributed by atoms with van der Waals surface area (Å²) in [4.78, 5) is 2.13. The quantitative estimate of drug-likeness (QED) is 0.192. The van der Waals surface area contributed by atoms with Gasteiger partial charge in [0.05, 0.1) is 11.1 Å². The zero-order valence-corrected chi connectivity index (χ0v) is 26.1. The van der Waals surface area contributed by atoms with Crippen molar-refractivity contribution in [3.05, 3.63) is 131 Å². The summed E-state index contributed by atoms with van der Waals surface area (Å²) in [6.45, 7) is 7.95. The van der Waals surface area contributed by atoms with Gasteiger partial charge in [-0.25, -0.2) is 0 Å². The topological polar surface area (TPSA) is 16.4 Å². The molecule has 0 radical (unpaired) electrons. The van der Waals surface area contributed by atoms with Crippen LogP contribution in [0.25, 0.3) is 38.2 Å². The zero-order chi connectivity index (χ0) is 29.6. The molecule has 7 rings (SSSR count). The van der Waals surface area contributed by atoms with Gasteiger partial charge in [0.1, 0.15) is 11.2 Å². The Hall–Kier alpha value is -4.41. The smallest absolute Gasteiger partial charge is 0.263 e. The molecule has 1 aromatic heterocycles. The second-order valence-corrected chi connectivity index (χ2v) is 13.4. The second-order valence-electron chi connectivity index (χ2n) is 12.3. The number of benzene rings is 4. The van der Waals surface area contributed by atoms with E-state index in [1.165, 1.54) is 48.3 Å². The summed E-state index contributed by atoms with van der Waals surface area (Å²) in [5, 5.41) is 3.94. The van der Waals surface area contributed by atoms with Gasteiger partial charge in [-0.1, -0.05) is 104 Å². The highest BCUT2D eigenvalue weighted by atomic mass is 32.1. The number of allylic oxidation sites excluding steroid dienone is 6. The summed E-state index contributed by atoms with van der Waals surface area (Å²) in [5.41, 5.74) is 7.76. The Morgan fingerprint density at radius 3 is 2.58 bits per heavy atom. The minimum absolute atomic E-state index is 0.193. The van der Waals surface area contributed by atoms with E-state index in [9.17, 15) is 0 Å². The molecule has 5 aromatic rings. The van der Waals surface area contributed by atoms with Gasteiger partial charge in [-0.2, -0.15) is 4.57 Å². The summed E-state index contributed by atoms with van der Waals surface area (Å²) in [7, 11) is 2.07. The van der Waals surface area contributed by atoms with Gasteiger partial charge < -0.3 is 9.64 Å². The van der Waals surface area contributed by atoms with E-state index in [0.29, 0.717) is 0 Å². The van der Waals surface area contributed by atoms with Crippen LogP contribution in [0.5, 0.6) is 5.75 Å². The monoisotopic (exact) mass is 581 g/mol. The SMILES string of the molecule is CC[n+]1c(/C=C2C=C(/C=C/C=C3\Oc4ccc(-c5ccccc5)cc4N3C)CC(C)(C)C/2)sc2ccc3ccccc3c21. The van der Waals surface area contributed by atoms with E-state index in [1.54, 1.807) is 0 Å². The molecule has 4 aromatic carbocycles. The first-order valence-electron chi connectivity index (χ1n) is 15.1. The third-order valence-electron chi connectivity index (χ3n) is 8.50. The highest BCUT2D eigenvalue weighted by Gasteiger charge is 2.27. The van der Waals surface area contributed by atoms with E-state index in [2.05, 4.69) is 147 Å². The summed E-state index contributed by atoms with van der Waals surface area (Å²) in [5.74, 6) is 1.73. The molecule has 0 atom stereocenters. The maximum atomic E-state index is 6.23. The predicted molar refractivity (Wildman–Crippen MR) is 182 cm³/mol. The number of fused-ring (bicyclic) bond motifs is 4. The molecule has 0 N–H and O–H groups in total. The van der Waals surface area contributed by atoms with E-state index in [1.807, 2.05) is 17.4 Å². The minimum atomic E-state index is 0.193. The lowest BCUT2D eigenvalue weighted by Crippen LogP contribution is -2.33. The van der Waals surface area contributed by atoms with Crippen LogP contribution in [0.4, 0.5) is 5.69 Å². The van der Waals surface area contributed by atoms with Crippen molar-refractivity contribution in [2.24, 2.45) is 5.41 Å². The van der Waals surface area contributed by atoms with Crippen molar-refractivity contribution in [1.29, 1.82) is 0 Å². The number of hydrogen-bond acceptors (Lipinski definition) is 3. The number of aromatic nitrogens is 1. The van der Waals surface area contributed by atoms with Crippen molar-refractivity contribution in [1.82, 2.24) is 0 Å². The molecule has 0 amide bonds. The molecular weight excluding hydrogens is 545 g/mol. The van der Waals surface area contributed by atoms with E-state index in [-0.39, 0.29) is 5.41 Å². The molecule has 2 aliphatic rings. The number of thiazole rings is 1. The molecule has 4 heteroatoms. The lowest BCUT2D eigenvalue weighted by molar-refractivity contribution is -0.664. The molecular formula is C39H37N2OS+. The van der Waals surface area contributed by atoms with Crippen LogP contribution in [-0.2, 0) is 6.54 Å². The molecule has 43 heavy (non-hydrogen) atoms. The average Bonchev–Trinajstić information content (AvgIpc) is 3.52. The first-order valence-corrected chi connectivity index (χ1v) is 15.9. The van der Waals surface area contributed by atoms with Crippen molar-refractivity contribution in [2.75, 3.05) is 11.9 Å². The Morgan fingerprint density at radius 1 is 0.930 bits per heavy atom. The first kappa shape index (κ1) is 27.4. The first-order chi connectivity index (χ1) is 20.9. The fourth-order valence-electron chi connectivity index (χ4n) is 6.54. The van der Waals surface area contributed by atoms with Gasteiger partial charge in [0.15, 0.2) is 11.6 Å². The summed E-state index contributed by atoms with van der Waals surface area (Å²) >= 11 is 1.89. The van der Waals surface area contributed by atoms with Gasteiger partial charge in [0.25, 0.3) is 5.01 Å². The Morgan fingerprint density at radius 2 is 1.74 bits per heavy atom. The normalized spacial score (nSPS) is 18.1. The van der Waals surface area contributed by atoms with Crippen LogP contribution < -0.4 is 14.2 Å². The van der Waals surface area contributed by atoms with Gasteiger partial charge >= 0.3 is 0 Å². The van der Waals surface area contributed by atoms with Crippen molar-refractivity contribution in [3.63, 3.8) is 0 Å². The summed E-state index contributed by atoms with van der Waals surface area (Å²) in [6.07, 6.45) is 13.4. The van der Waals surface area contributed by atoms with Crippen molar-refractivity contribution >= 4 is 44.1 Å². The summed E-state index contributed by atoms with van der Waals surface area (Å²) < 4.78 is 10.1. The van der Waals surface area contributed by atoms with Crippen LogP contribution in [0.15, 0.2) is 126 Å². The number of rotatable bonds is 5. The largest absolute Gasteiger partial charge is 0.439 e. The van der Waals surface area contributed by atoms with Gasteiger partial charge in [0.2, 0.25) is 5.52 Å². The number of hydrogen-bond donors (Lipinski definition) is 0. The number of aryl methyl sites for hydroxylation is 1. The number of nitrogens with zero attached hydrogens (tertiary/aromatic N) is 2. The predicted octanol–water partition coefficient (Wildman–Crippen LogP) is 10.1. The standard InChI is InChI=1S/C39H37N2OS/c1-5-41-37(43-35-21-19-30-15-9-10-16-32(30)38(35)41)23-28-22-27(25-39(2,3)26-28)12-11-17-36-40(4)33-24-31(18-20-34(33)42-36)29-13-7-6-8-14-29/h6-24H,5,25-26H2,1-4H3/q+1. The molecule has 3 nitrogen and oxygen atoms in total. The van der Waals surface area contributed by atoms with Crippen molar-refractivity contribution in [2.45, 2.75) is 40.2 Å². The van der Waals surface area contributed by atoms with Crippen LogP contribution >= 0.6 is 11.3 Å². The fourth-order valence-corrected chi connectivity index (χ4v) is 7.76. The minimum Gasteiger partial charge on any atom is -0.439 e. The maximum absolute atomic E-state index is 6.23. The molecule has 0 saturated heterocycles. The van der Waals surface area contributed by atoms with Crippen LogP contribution in [-0.4, -0.2) is 7.05 Å². The lowest BCUT2D eigenvalue weighted by atomic mass is 9.75. The van der Waals surface area contributed by atoms with Gasteiger partial charge in [-0.3, -0.25) is 0 Å². The van der Waals surface area contributed by atoms with Crippen LogP contribution in [0, 0.1) is 5.41 Å². The summed E-state index contributed by atoms with van der Waals surface area (Å²) in [6, 6.07) is 30.1. The Kier molecular flexibility index (Phi) is 7.03. The number of ether oxygens (including phenoxy) is 1. The number of anilines is 1. The van der Waals surface area contributed by atoms with Crippen LogP contribution in [0.2, 0.25) is 0 Å². The Labute approximate surface area is 258 Å². The Balaban J connectivity index is 1.17. The molecule has 0 fully saturated rings. The Bertz CT molecular complexity index is 1970. The van der Waals surface area contributed by atoms with Crippen molar-refractivity contribution in [3.8, 4) is 16.9 Å². The van der Waals surface area contributed by atoms with E-state index < -0.39 is 0 Å². The molecule has 214 valence electrons. The lowest BCUT2D eigenvalue weighted by Gasteiger charge is -2.30.